The molecule has 0 aliphatic rings. The van der Waals surface area contributed by atoms with Crippen LogP contribution in [0.15, 0.2) is 48.5 Å². The summed E-state index contributed by atoms with van der Waals surface area (Å²) in [5.74, 6) is 0. The van der Waals surface area contributed by atoms with Gasteiger partial charge in [-0.15, -0.1) is 0 Å². The molecule has 0 fully saturated rings. The highest BCUT2D eigenvalue weighted by Gasteiger charge is 1.99. The lowest BCUT2D eigenvalue weighted by molar-refractivity contribution is 0.108. The van der Waals surface area contributed by atoms with Gasteiger partial charge < -0.3 is 4.74 Å². The average Bonchev–Trinajstić information content (AvgIpc) is 2.34. The normalized spacial score (nSPS) is 10.5. The summed E-state index contributed by atoms with van der Waals surface area (Å²) in [5, 5.41) is 2.17. The van der Waals surface area contributed by atoms with Gasteiger partial charge in [-0.1, -0.05) is 58.9 Å². The highest BCUT2D eigenvalue weighted by Crippen LogP contribution is 2.02. The minimum Gasteiger partial charge on any atom is -0.372 e. The van der Waals surface area contributed by atoms with E-state index in [1.54, 1.807) is 0 Å². The molecule has 82 valence electrons. The van der Waals surface area contributed by atoms with Gasteiger partial charge in [0.2, 0.25) is 0 Å². The topological polar surface area (TPSA) is 9.23 Å². The molecule has 0 bridgehead atoms. The Labute approximate surface area is 109 Å². The molecular weight excluding hydrogens is 240 g/mol. The maximum atomic E-state index is 5.71. The van der Waals surface area contributed by atoms with E-state index in [2.05, 4.69) is 32.6 Å². The Balaban J connectivity index is 1.93. The Bertz CT molecular complexity index is 452. The zero-order valence-corrected chi connectivity index (χ0v) is 11.4. The average molecular weight is 252 g/mol. The SMILES string of the molecule is [Si]c1ccccc1COCc1ccccc1[Si]. The van der Waals surface area contributed by atoms with Crippen LogP contribution in [-0.2, 0) is 18.0 Å². The molecule has 0 unspecified atom stereocenters. The zero-order valence-electron chi connectivity index (χ0n) is 9.44. The number of benzene rings is 2. The summed E-state index contributed by atoms with van der Waals surface area (Å²) < 4.78 is 5.71. The van der Waals surface area contributed by atoms with E-state index < -0.39 is 0 Å². The molecule has 0 aliphatic heterocycles. The van der Waals surface area contributed by atoms with Crippen LogP contribution in [0.2, 0.25) is 0 Å². The van der Waals surface area contributed by atoms with E-state index in [1.165, 1.54) is 0 Å². The van der Waals surface area contributed by atoms with Gasteiger partial charge in [0.15, 0.2) is 0 Å². The molecule has 0 N–H and O–H groups in total. The number of hydrogen-bond donors (Lipinski definition) is 0. The Kier molecular flexibility index (Phi) is 4.31. The summed E-state index contributed by atoms with van der Waals surface area (Å²) in [6, 6.07) is 16.2. The second-order valence-electron chi connectivity index (χ2n) is 3.81. The standard InChI is InChI=1S/C14H12OSi2/c16-13-7-3-1-5-11(13)9-15-10-12-6-2-4-8-14(12)17/h1-8H,9-10H2. The van der Waals surface area contributed by atoms with Crippen molar-refractivity contribution in [3.63, 3.8) is 0 Å². The fourth-order valence-electron chi connectivity index (χ4n) is 1.56. The van der Waals surface area contributed by atoms with Gasteiger partial charge in [-0.25, -0.2) is 0 Å². The van der Waals surface area contributed by atoms with Gasteiger partial charge in [-0.3, -0.25) is 0 Å². The third-order valence-corrected chi connectivity index (χ3v) is 3.53. The van der Waals surface area contributed by atoms with Crippen LogP contribution in [0, 0.1) is 0 Å². The number of rotatable bonds is 4. The van der Waals surface area contributed by atoms with Gasteiger partial charge in [0, 0.05) is 0 Å². The van der Waals surface area contributed by atoms with Crippen molar-refractivity contribution in [3.8, 4) is 0 Å². The van der Waals surface area contributed by atoms with Crippen LogP contribution in [0.5, 0.6) is 0 Å². The van der Waals surface area contributed by atoms with E-state index in [1.807, 2.05) is 36.4 Å². The first-order valence-corrected chi connectivity index (χ1v) is 6.44. The van der Waals surface area contributed by atoms with Gasteiger partial charge in [-0.2, -0.15) is 0 Å². The Morgan fingerprint density at radius 2 is 1.12 bits per heavy atom. The van der Waals surface area contributed by atoms with Crippen molar-refractivity contribution in [1.82, 2.24) is 0 Å². The molecule has 2 aromatic rings. The molecule has 0 aliphatic carbocycles. The first-order valence-electron chi connectivity index (χ1n) is 5.44. The van der Waals surface area contributed by atoms with Crippen molar-refractivity contribution in [2.24, 2.45) is 0 Å². The number of hydrogen-bond acceptors (Lipinski definition) is 1. The maximum absolute atomic E-state index is 5.71. The highest BCUT2D eigenvalue weighted by atomic mass is 28.1. The highest BCUT2D eigenvalue weighted by molar-refractivity contribution is 6.33. The van der Waals surface area contributed by atoms with Gasteiger partial charge in [0.05, 0.1) is 33.7 Å². The summed E-state index contributed by atoms with van der Waals surface area (Å²) >= 11 is 0. The predicted octanol–water partition coefficient (Wildman–Crippen LogP) is 0.991. The third kappa shape index (κ3) is 3.39. The summed E-state index contributed by atoms with van der Waals surface area (Å²) in [4.78, 5) is 0. The molecule has 2 aromatic carbocycles. The van der Waals surface area contributed by atoms with E-state index in [-0.39, 0.29) is 0 Å². The summed E-state index contributed by atoms with van der Waals surface area (Å²) in [5.41, 5.74) is 2.33. The van der Waals surface area contributed by atoms with Crippen LogP contribution in [0.3, 0.4) is 0 Å². The van der Waals surface area contributed by atoms with E-state index in [0.717, 1.165) is 21.5 Å². The summed E-state index contributed by atoms with van der Waals surface area (Å²) in [7, 11) is 7.12. The van der Waals surface area contributed by atoms with E-state index in [0.29, 0.717) is 13.2 Å². The van der Waals surface area contributed by atoms with E-state index in [9.17, 15) is 0 Å². The molecule has 0 spiro atoms. The van der Waals surface area contributed by atoms with Crippen LogP contribution in [-0.4, -0.2) is 20.5 Å². The lowest BCUT2D eigenvalue weighted by atomic mass is 10.2. The Morgan fingerprint density at radius 3 is 1.53 bits per heavy atom. The Morgan fingerprint density at radius 1 is 0.706 bits per heavy atom. The van der Waals surface area contributed by atoms with Crippen molar-refractivity contribution in [1.29, 1.82) is 0 Å². The monoisotopic (exact) mass is 252 g/mol. The fraction of sp³-hybridized carbons (Fsp3) is 0.143. The van der Waals surface area contributed by atoms with Crippen LogP contribution in [0.4, 0.5) is 0 Å². The van der Waals surface area contributed by atoms with Gasteiger partial charge >= 0.3 is 0 Å². The summed E-state index contributed by atoms with van der Waals surface area (Å²) in [6.07, 6.45) is 0. The molecule has 6 radical (unpaired) electrons. The quantitative estimate of drug-likeness (QED) is 0.738. The van der Waals surface area contributed by atoms with E-state index >= 15 is 0 Å². The minimum absolute atomic E-state index is 0.611. The first kappa shape index (κ1) is 12.3. The lowest BCUT2D eigenvalue weighted by Gasteiger charge is -2.08. The third-order valence-electron chi connectivity index (χ3n) is 2.55. The molecule has 0 saturated carbocycles. The molecule has 0 saturated heterocycles. The zero-order chi connectivity index (χ0) is 12.1. The lowest BCUT2D eigenvalue weighted by Crippen LogP contribution is -2.13. The van der Waals surface area contributed by atoms with Gasteiger partial charge in [0.25, 0.3) is 0 Å². The minimum atomic E-state index is 0.611. The van der Waals surface area contributed by atoms with Crippen LogP contribution in [0.25, 0.3) is 0 Å². The molecule has 0 amide bonds. The van der Waals surface area contributed by atoms with Gasteiger partial charge in [0.1, 0.15) is 0 Å². The second-order valence-corrected chi connectivity index (χ2v) is 4.88. The Hall–Kier alpha value is -1.17. The fourth-order valence-corrected chi connectivity index (χ4v) is 2.07. The largest absolute Gasteiger partial charge is 0.372 e. The van der Waals surface area contributed by atoms with Crippen molar-refractivity contribution in [2.75, 3.05) is 0 Å². The van der Waals surface area contributed by atoms with Crippen LogP contribution < -0.4 is 10.4 Å². The van der Waals surface area contributed by atoms with Crippen molar-refractivity contribution in [3.05, 3.63) is 59.7 Å². The second kappa shape index (κ2) is 5.95. The van der Waals surface area contributed by atoms with Gasteiger partial charge in [-0.05, 0) is 11.1 Å². The van der Waals surface area contributed by atoms with Crippen LogP contribution in [0.1, 0.15) is 11.1 Å². The molecule has 3 heteroatoms. The molecule has 1 nitrogen and oxygen atoms in total. The number of ether oxygens (including phenoxy) is 1. The molecule has 0 atom stereocenters. The maximum Gasteiger partial charge on any atom is 0.0720 e. The first-order chi connectivity index (χ1) is 8.27. The smallest absolute Gasteiger partial charge is 0.0720 e. The van der Waals surface area contributed by atoms with Crippen molar-refractivity contribution >= 4 is 30.9 Å². The van der Waals surface area contributed by atoms with Crippen molar-refractivity contribution < 1.29 is 4.74 Å². The summed E-state index contributed by atoms with van der Waals surface area (Å²) in [6.45, 7) is 1.22. The molecule has 0 heterocycles. The molecule has 2 rings (SSSR count). The molecular formula is C14H12OSi2. The van der Waals surface area contributed by atoms with E-state index in [4.69, 9.17) is 4.74 Å². The predicted molar refractivity (Wildman–Crippen MR) is 72.2 cm³/mol. The van der Waals surface area contributed by atoms with Crippen LogP contribution >= 0.6 is 0 Å². The molecule has 17 heavy (non-hydrogen) atoms. The molecule has 0 aromatic heterocycles. The van der Waals surface area contributed by atoms with Crippen molar-refractivity contribution in [2.45, 2.75) is 13.2 Å².